The van der Waals surface area contributed by atoms with E-state index in [1.54, 1.807) is 11.1 Å². The molecule has 1 aliphatic carbocycles. The molecule has 2 atom stereocenters. The number of rotatable bonds is 5. The van der Waals surface area contributed by atoms with Crippen molar-refractivity contribution in [2.24, 2.45) is 0 Å². The Morgan fingerprint density at radius 1 is 1.19 bits per heavy atom. The van der Waals surface area contributed by atoms with Gasteiger partial charge < -0.3 is 5.32 Å². The maximum atomic E-state index is 3.72. The lowest BCUT2D eigenvalue weighted by Gasteiger charge is -2.40. The van der Waals surface area contributed by atoms with E-state index in [0.717, 1.165) is 13.1 Å². The van der Waals surface area contributed by atoms with Crippen molar-refractivity contribution < 1.29 is 0 Å². The molecule has 1 saturated heterocycles. The Morgan fingerprint density at radius 3 is 2.86 bits per heavy atom. The first-order valence-corrected chi connectivity index (χ1v) is 8.88. The summed E-state index contributed by atoms with van der Waals surface area (Å²) >= 11 is 0. The summed E-state index contributed by atoms with van der Waals surface area (Å²) in [7, 11) is 0. The molecule has 21 heavy (non-hydrogen) atoms. The van der Waals surface area contributed by atoms with Crippen LogP contribution < -0.4 is 5.32 Å². The predicted octanol–water partition coefficient (Wildman–Crippen LogP) is 3.53. The third kappa shape index (κ3) is 3.49. The van der Waals surface area contributed by atoms with Crippen LogP contribution >= 0.6 is 0 Å². The molecule has 116 valence electrons. The standard InChI is InChI=1S/C19H30N2/c1-3-6-19-12-20-18(4-2)14-21(19)13-15-9-10-16-7-5-8-17(16)11-15/h9-11,18-20H,3-8,12-14H2,1-2H3. The molecule has 2 nitrogen and oxygen atoms in total. The normalized spacial score (nSPS) is 26.0. The average molecular weight is 286 g/mol. The molecule has 0 aromatic heterocycles. The molecule has 0 radical (unpaired) electrons. The zero-order chi connectivity index (χ0) is 14.7. The van der Waals surface area contributed by atoms with Crippen LogP contribution in [-0.2, 0) is 19.4 Å². The Morgan fingerprint density at radius 2 is 2.05 bits per heavy atom. The van der Waals surface area contributed by atoms with Gasteiger partial charge in [0.2, 0.25) is 0 Å². The summed E-state index contributed by atoms with van der Waals surface area (Å²) < 4.78 is 0. The monoisotopic (exact) mass is 286 g/mol. The van der Waals surface area contributed by atoms with Gasteiger partial charge in [-0.2, -0.15) is 0 Å². The minimum Gasteiger partial charge on any atom is -0.311 e. The SMILES string of the molecule is CCCC1CNC(CC)CN1Cc1ccc2c(c1)CCC2. The maximum Gasteiger partial charge on any atom is 0.0237 e. The molecule has 0 spiro atoms. The van der Waals surface area contributed by atoms with E-state index in [4.69, 9.17) is 0 Å². The Bertz CT molecular complexity index is 469. The molecule has 1 heterocycles. The molecule has 1 aliphatic heterocycles. The van der Waals surface area contributed by atoms with E-state index >= 15 is 0 Å². The van der Waals surface area contributed by atoms with E-state index in [1.165, 1.54) is 50.6 Å². The van der Waals surface area contributed by atoms with Gasteiger partial charge in [-0.25, -0.2) is 0 Å². The second kappa shape index (κ2) is 6.93. The predicted molar refractivity (Wildman–Crippen MR) is 89.7 cm³/mol. The summed E-state index contributed by atoms with van der Waals surface area (Å²) in [6.45, 7) is 8.11. The molecule has 0 saturated carbocycles. The van der Waals surface area contributed by atoms with Crippen molar-refractivity contribution in [3.05, 3.63) is 34.9 Å². The van der Waals surface area contributed by atoms with Crippen LogP contribution in [0, 0.1) is 0 Å². The first kappa shape index (κ1) is 15.1. The van der Waals surface area contributed by atoms with E-state index in [2.05, 4.69) is 42.3 Å². The fourth-order valence-corrected chi connectivity index (χ4v) is 3.97. The maximum absolute atomic E-state index is 3.72. The van der Waals surface area contributed by atoms with Crippen LogP contribution in [0.1, 0.15) is 56.2 Å². The molecule has 0 bridgehead atoms. The zero-order valence-corrected chi connectivity index (χ0v) is 13.7. The molecule has 2 aliphatic rings. The van der Waals surface area contributed by atoms with Crippen LogP contribution in [0.25, 0.3) is 0 Å². The van der Waals surface area contributed by atoms with Gasteiger partial charge in [-0.05, 0) is 48.8 Å². The van der Waals surface area contributed by atoms with Gasteiger partial charge in [0.15, 0.2) is 0 Å². The highest BCUT2D eigenvalue weighted by molar-refractivity contribution is 5.35. The van der Waals surface area contributed by atoms with Crippen molar-refractivity contribution in [1.82, 2.24) is 10.2 Å². The number of piperazine rings is 1. The topological polar surface area (TPSA) is 15.3 Å². The molecule has 1 aromatic rings. The zero-order valence-electron chi connectivity index (χ0n) is 13.7. The summed E-state index contributed by atoms with van der Waals surface area (Å²) in [5, 5.41) is 3.72. The molecule has 1 N–H and O–H groups in total. The second-order valence-electron chi connectivity index (χ2n) is 6.84. The number of nitrogens with zero attached hydrogens (tertiary/aromatic N) is 1. The summed E-state index contributed by atoms with van der Waals surface area (Å²) in [4.78, 5) is 2.73. The number of hydrogen-bond donors (Lipinski definition) is 1. The minimum absolute atomic E-state index is 0.674. The largest absolute Gasteiger partial charge is 0.311 e. The van der Waals surface area contributed by atoms with Gasteiger partial charge in [-0.1, -0.05) is 38.5 Å². The third-order valence-electron chi connectivity index (χ3n) is 5.28. The Labute approximate surface area is 129 Å². The summed E-state index contributed by atoms with van der Waals surface area (Å²) in [6.07, 6.45) is 7.76. The smallest absolute Gasteiger partial charge is 0.0237 e. The lowest BCUT2D eigenvalue weighted by molar-refractivity contribution is 0.113. The van der Waals surface area contributed by atoms with E-state index < -0.39 is 0 Å². The third-order valence-corrected chi connectivity index (χ3v) is 5.28. The fourth-order valence-electron chi connectivity index (χ4n) is 3.97. The van der Waals surface area contributed by atoms with Gasteiger partial charge in [-0.15, -0.1) is 0 Å². The minimum atomic E-state index is 0.674. The number of hydrogen-bond acceptors (Lipinski definition) is 2. The first-order chi connectivity index (χ1) is 10.3. The molecule has 2 heteroatoms. The summed E-state index contributed by atoms with van der Waals surface area (Å²) in [5.41, 5.74) is 4.73. The quantitative estimate of drug-likeness (QED) is 0.891. The van der Waals surface area contributed by atoms with Crippen molar-refractivity contribution >= 4 is 0 Å². The van der Waals surface area contributed by atoms with Crippen molar-refractivity contribution in [2.45, 2.75) is 71.0 Å². The first-order valence-electron chi connectivity index (χ1n) is 8.88. The van der Waals surface area contributed by atoms with Gasteiger partial charge in [-0.3, -0.25) is 4.90 Å². The average Bonchev–Trinajstić information content (AvgIpc) is 2.97. The van der Waals surface area contributed by atoms with Gasteiger partial charge >= 0.3 is 0 Å². The van der Waals surface area contributed by atoms with E-state index in [1.807, 2.05) is 0 Å². The lowest BCUT2D eigenvalue weighted by atomic mass is 10.0. The van der Waals surface area contributed by atoms with Crippen molar-refractivity contribution in [3.63, 3.8) is 0 Å². The number of fused-ring (bicyclic) bond motifs is 1. The lowest BCUT2D eigenvalue weighted by Crippen LogP contribution is -2.55. The highest BCUT2D eigenvalue weighted by Gasteiger charge is 2.26. The molecule has 1 aromatic carbocycles. The molecular weight excluding hydrogens is 256 g/mol. The number of aryl methyl sites for hydroxylation is 2. The summed E-state index contributed by atoms with van der Waals surface area (Å²) in [6, 6.07) is 8.62. The fraction of sp³-hybridized carbons (Fsp3) is 0.684. The van der Waals surface area contributed by atoms with Crippen LogP contribution in [0.3, 0.4) is 0 Å². The van der Waals surface area contributed by atoms with Gasteiger partial charge in [0, 0.05) is 31.7 Å². The molecular formula is C19H30N2. The molecule has 0 amide bonds. The van der Waals surface area contributed by atoms with Crippen LogP contribution in [0.15, 0.2) is 18.2 Å². The van der Waals surface area contributed by atoms with Crippen molar-refractivity contribution in [2.75, 3.05) is 13.1 Å². The van der Waals surface area contributed by atoms with E-state index in [0.29, 0.717) is 12.1 Å². The number of benzene rings is 1. The van der Waals surface area contributed by atoms with Gasteiger partial charge in [0.25, 0.3) is 0 Å². The Kier molecular flexibility index (Phi) is 4.97. The number of nitrogens with one attached hydrogen (secondary N) is 1. The van der Waals surface area contributed by atoms with Crippen molar-refractivity contribution in [1.29, 1.82) is 0 Å². The van der Waals surface area contributed by atoms with Crippen LogP contribution in [0.4, 0.5) is 0 Å². The second-order valence-corrected chi connectivity index (χ2v) is 6.84. The molecule has 2 unspecified atom stereocenters. The highest BCUT2D eigenvalue weighted by atomic mass is 15.2. The summed E-state index contributed by atoms with van der Waals surface area (Å²) in [5.74, 6) is 0. The van der Waals surface area contributed by atoms with E-state index in [-0.39, 0.29) is 0 Å². The van der Waals surface area contributed by atoms with Crippen LogP contribution in [0.5, 0.6) is 0 Å². The molecule has 3 rings (SSSR count). The van der Waals surface area contributed by atoms with Gasteiger partial charge in [0.05, 0.1) is 0 Å². The van der Waals surface area contributed by atoms with Gasteiger partial charge in [0.1, 0.15) is 0 Å². The Balaban J connectivity index is 1.70. The highest BCUT2D eigenvalue weighted by Crippen LogP contribution is 2.24. The van der Waals surface area contributed by atoms with E-state index in [9.17, 15) is 0 Å². The molecule has 1 fully saturated rings. The Hall–Kier alpha value is -0.860. The van der Waals surface area contributed by atoms with Crippen molar-refractivity contribution in [3.8, 4) is 0 Å². The van der Waals surface area contributed by atoms with Crippen LogP contribution in [0.2, 0.25) is 0 Å². The van der Waals surface area contributed by atoms with Crippen LogP contribution in [-0.4, -0.2) is 30.1 Å².